The van der Waals surface area contributed by atoms with Gasteiger partial charge in [0.1, 0.15) is 0 Å². The largest absolute Gasteiger partial charge is 0.490 e. The van der Waals surface area contributed by atoms with Crippen molar-refractivity contribution in [3.05, 3.63) is 22.7 Å². The smallest absolute Gasteiger partial charge is 0.344 e. The molecule has 0 aliphatic heterocycles. The third-order valence-electron chi connectivity index (χ3n) is 2.36. The topological polar surface area (TPSA) is 106 Å². The van der Waals surface area contributed by atoms with E-state index in [1.807, 2.05) is 0 Å². The van der Waals surface area contributed by atoms with Gasteiger partial charge in [0.2, 0.25) is 0 Å². The summed E-state index contributed by atoms with van der Waals surface area (Å²) in [6, 6.07) is 3.17. The Balaban J connectivity index is 3.09. The fourth-order valence-electron chi connectivity index (χ4n) is 1.44. The van der Waals surface area contributed by atoms with Crippen molar-refractivity contribution >= 4 is 41.1 Å². The second kappa shape index (κ2) is 8.40. The van der Waals surface area contributed by atoms with Gasteiger partial charge in [-0.05, 0) is 43.8 Å². The number of hydrazone groups is 1. The van der Waals surface area contributed by atoms with Crippen LogP contribution in [0.5, 0.6) is 11.5 Å². The predicted molar refractivity (Wildman–Crippen MR) is 87.9 cm³/mol. The number of thiocarbonyl (C=S) groups is 1. The first-order valence-electron chi connectivity index (χ1n) is 6.29. The zero-order valence-electron chi connectivity index (χ0n) is 12.0. The summed E-state index contributed by atoms with van der Waals surface area (Å²) in [6.07, 6.45) is 0.380. The summed E-state index contributed by atoms with van der Waals surface area (Å²) in [5.74, 6) is -0.623. The Bertz CT molecular complexity index is 595. The zero-order valence-corrected chi connectivity index (χ0v) is 13.6. The lowest BCUT2D eigenvalue weighted by molar-refractivity contribution is -0.144. The van der Waals surface area contributed by atoms with Crippen LogP contribution in [0.1, 0.15) is 19.4 Å². The van der Waals surface area contributed by atoms with Crippen LogP contribution in [-0.4, -0.2) is 35.1 Å². The van der Waals surface area contributed by atoms with E-state index in [0.717, 1.165) is 0 Å². The summed E-state index contributed by atoms with van der Waals surface area (Å²) in [6.45, 7) is 3.54. The minimum atomic E-state index is -1.11. The van der Waals surface area contributed by atoms with E-state index in [9.17, 15) is 4.79 Å². The number of nitrogens with zero attached hydrogens (tertiary/aromatic N) is 1. The van der Waals surface area contributed by atoms with Crippen LogP contribution in [0.2, 0.25) is 5.02 Å². The van der Waals surface area contributed by atoms with Crippen molar-refractivity contribution in [1.82, 2.24) is 5.43 Å². The van der Waals surface area contributed by atoms with Gasteiger partial charge in [-0.3, -0.25) is 5.43 Å². The molecule has 1 aromatic rings. The number of benzene rings is 1. The molecule has 0 spiro atoms. The number of halogens is 1. The van der Waals surface area contributed by atoms with E-state index in [-0.39, 0.29) is 15.9 Å². The molecule has 1 rings (SSSR count). The molecule has 120 valence electrons. The Morgan fingerprint density at radius 1 is 1.64 bits per heavy atom. The van der Waals surface area contributed by atoms with E-state index in [2.05, 4.69) is 22.7 Å². The maximum atomic E-state index is 10.9. The van der Waals surface area contributed by atoms with E-state index in [4.69, 9.17) is 31.9 Å². The molecule has 0 aliphatic rings. The van der Waals surface area contributed by atoms with Crippen LogP contribution >= 0.6 is 23.8 Å². The van der Waals surface area contributed by atoms with Gasteiger partial charge in [-0.25, -0.2) is 4.79 Å². The maximum Gasteiger partial charge on any atom is 0.344 e. The Labute approximate surface area is 138 Å². The zero-order chi connectivity index (χ0) is 16.7. The Morgan fingerprint density at radius 3 is 2.86 bits per heavy atom. The molecule has 0 aromatic heterocycles. The molecule has 1 unspecified atom stereocenters. The van der Waals surface area contributed by atoms with Crippen molar-refractivity contribution in [3.63, 3.8) is 0 Å². The monoisotopic (exact) mass is 345 g/mol. The summed E-state index contributed by atoms with van der Waals surface area (Å²) in [4.78, 5) is 10.9. The highest BCUT2D eigenvalue weighted by Crippen LogP contribution is 2.37. The number of hydrogen-bond donors (Lipinski definition) is 3. The van der Waals surface area contributed by atoms with Gasteiger partial charge in [0.15, 0.2) is 22.7 Å². The highest BCUT2D eigenvalue weighted by atomic mass is 35.5. The second-order valence-electron chi connectivity index (χ2n) is 4.10. The average molecular weight is 346 g/mol. The summed E-state index contributed by atoms with van der Waals surface area (Å²) in [7, 11) is 0. The van der Waals surface area contributed by atoms with Crippen molar-refractivity contribution in [2.75, 3.05) is 6.61 Å². The third kappa shape index (κ3) is 5.38. The van der Waals surface area contributed by atoms with Gasteiger partial charge >= 0.3 is 5.97 Å². The fraction of sp³-hybridized carbons (Fsp3) is 0.308. The Kier molecular flexibility index (Phi) is 6.87. The van der Waals surface area contributed by atoms with Crippen LogP contribution in [-0.2, 0) is 4.79 Å². The number of rotatable bonds is 7. The SMILES string of the molecule is CCOc1cc(C=NNC(N)=S)cc(Cl)c1OC(C)C(=O)O. The molecule has 0 radical (unpaired) electrons. The molecule has 7 nitrogen and oxygen atoms in total. The lowest BCUT2D eigenvalue weighted by Gasteiger charge is -2.16. The van der Waals surface area contributed by atoms with Gasteiger partial charge in [-0.1, -0.05) is 11.6 Å². The van der Waals surface area contributed by atoms with E-state index in [1.54, 1.807) is 19.1 Å². The number of aliphatic carboxylic acids is 1. The molecule has 1 aromatic carbocycles. The van der Waals surface area contributed by atoms with Crippen molar-refractivity contribution in [3.8, 4) is 11.5 Å². The summed E-state index contributed by atoms with van der Waals surface area (Å²) >= 11 is 10.8. The van der Waals surface area contributed by atoms with E-state index in [0.29, 0.717) is 17.9 Å². The van der Waals surface area contributed by atoms with Gasteiger partial charge in [0.25, 0.3) is 0 Å². The van der Waals surface area contributed by atoms with Gasteiger partial charge < -0.3 is 20.3 Å². The molecule has 0 saturated carbocycles. The molecular weight excluding hydrogens is 330 g/mol. The van der Waals surface area contributed by atoms with Crippen molar-refractivity contribution in [1.29, 1.82) is 0 Å². The first-order chi connectivity index (χ1) is 10.3. The first-order valence-corrected chi connectivity index (χ1v) is 7.08. The molecule has 0 aliphatic carbocycles. The molecular formula is C13H16ClN3O4S. The van der Waals surface area contributed by atoms with Gasteiger partial charge in [-0.2, -0.15) is 5.10 Å². The second-order valence-corrected chi connectivity index (χ2v) is 4.94. The molecule has 0 bridgehead atoms. The standard InChI is InChI=1S/C13H16ClN3O4S/c1-3-20-10-5-8(6-16-17-13(15)22)4-9(14)11(10)21-7(2)12(18)19/h4-7H,3H2,1-2H3,(H,18,19)(H3,15,17,22). The number of carbonyl (C=O) groups is 1. The molecule has 0 saturated heterocycles. The van der Waals surface area contributed by atoms with Gasteiger partial charge in [-0.15, -0.1) is 0 Å². The summed E-state index contributed by atoms with van der Waals surface area (Å²) < 4.78 is 10.8. The van der Waals surface area contributed by atoms with Crippen LogP contribution in [0.15, 0.2) is 17.2 Å². The number of carboxylic acids is 1. The number of nitrogens with one attached hydrogen (secondary N) is 1. The first kappa shape index (κ1) is 18.0. The lowest BCUT2D eigenvalue weighted by atomic mass is 10.2. The molecule has 0 fully saturated rings. The van der Waals surface area contributed by atoms with E-state index < -0.39 is 12.1 Å². The number of hydrogen-bond acceptors (Lipinski definition) is 5. The number of nitrogens with two attached hydrogens (primary N) is 1. The van der Waals surface area contributed by atoms with Gasteiger partial charge in [0, 0.05) is 0 Å². The molecule has 1 atom stereocenters. The lowest BCUT2D eigenvalue weighted by Crippen LogP contribution is -2.24. The highest BCUT2D eigenvalue weighted by molar-refractivity contribution is 7.80. The molecule has 0 heterocycles. The number of ether oxygens (including phenoxy) is 2. The van der Waals surface area contributed by atoms with E-state index in [1.165, 1.54) is 13.1 Å². The van der Waals surface area contributed by atoms with Crippen LogP contribution in [0.4, 0.5) is 0 Å². The minimum Gasteiger partial charge on any atom is -0.490 e. The molecule has 22 heavy (non-hydrogen) atoms. The summed E-state index contributed by atoms with van der Waals surface area (Å²) in [5, 5.41) is 13.0. The summed E-state index contributed by atoms with van der Waals surface area (Å²) in [5.41, 5.74) is 8.27. The van der Waals surface area contributed by atoms with Crippen molar-refractivity contribution in [2.24, 2.45) is 10.8 Å². The van der Waals surface area contributed by atoms with Crippen LogP contribution in [0, 0.1) is 0 Å². The van der Waals surface area contributed by atoms with E-state index >= 15 is 0 Å². The third-order valence-corrected chi connectivity index (χ3v) is 2.73. The van der Waals surface area contributed by atoms with Crippen molar-refractivity contribution in [2.45, 2.75) is 20.0 Å². The van der Waals surface area contributed by atoms with Crippen LogP contribution in [0.3, 0.4) is 0 Å². The van der Waals surface area contributed by atoms with Crippen molar-refractivity contribution < 1.29 is 19.4 Å². The maximum absolute atomic E-state index is 10.9. The van der Waals surface area contributed by atoms with Crippen LogP contribution < -0.4 is 20.6 Å². The average Bonchev–Trinajstić information content (AvgIpc) is 2.42. The number of carboxylic acid groups (broad SMARTS) is 1. The molecule has 4 N–H and O–H groups in total. The van der Waals surface area contributed by atoms with Crippen LogP contribution in [0.25, 0.3) is 0 Å². The quantitative estimate of drug-likeness (QED) is 0.392. The predicted octanol–water partition coefficient (Wildman–Crippen LogP) is 1.76. The Morgan fingerprint density at radius 2 is 2.32 bits per heavy atom. The normalized spacial score (nSPS) is 12.0. The molecule has 0 amide bonds. The Hall–Kier alpha value is -2.06. The minimum absolute atomic E-state index is 0.0302. The molecule has 9 heteroatoms. The van der Waals surface area contributed by atoms with Gasteiger partial charge in [0.05, 0.1) is 17.8 Å². The fourth-order valence-corrected chi connectivity index (χ4v) is 1.75. The highest BCUT2D eigenvalue weighted by Gasteiger charge is 2.19.